The first kappa shape index (κ1) is 34.1. The SMILES string of the molecule is c1ccc(-c2ccc(-c3nc(-c4ccc5ccc6ccc7nc(-c8ccccc8)oc7c6c5c4)nc(C4(c5ccccc5)c5ccccc5-c5ccccc54)n3)cc2)cc1. The van der Waals surface area contributed by atoms with Crippen LogP contribution in [0.1, 0.15) is 22.5 Å². The van der Waals surface area contributed by atoms with Crippen LogP contribution in [0.2, 0.25) is 0 Å². The summed E-state index contributed by atoms with van der Waals surface area (Å²) < 4.78 is 6.60. The minimum absolute atomic E-state index is 0.591. The van der Waals surface area contributed by atoms with Crippen molar-refractivity contribution in [3.05, 3.63) is 229 Å². The predicted octanol–water partition coefficient (Wildman–Crippen LogP) is 13.4. The topological polar surface area (TPSA) is 64.7 Å². The highest BCUT2D eigenvalue weighted by atomic mass is 16.3. The highest BCUT2D eigenvalue weighted by Gasteiger charge is 2.48. The zero-order valence-electron chi connectivity index (χ0n) is 32.3. The lowest BCUT2D eigenvalue weighted by Gasteiger charge is -2.32. The van der Waals surface area contributed by atoms with E-state index >= 15 is 0 Å². The molecule has 0 aliphatic heterocycles. The summed E-state index contributed by atoms with van der Waals surface area (Å²) in [5.41, 5.74) is 11.5. The standard InChI is InChI=1S/C55H34N4O/c1-4-14-35(15-5-1)36-24-29-39(30-25-36)51-57-52(59-54(58-51)55(42-18-8-3-9-19-42)46-22-12-10-20-43(46)44-21-11-13-23-47(44)55)41-31-27-37-26-28-38-32-33-48-50(49(38)45(37)34-41)60-53(56-48)40-16-6-2-7-17-40/h1-34H. The van der Waals surface area contributed by atoms with Gasteiger partial charge in [-0.25, -0.2) is 19.9 Å². The number of oxazole rings is 1. The van der Waals surface area contributed by atoms with Crippen molar-refractivity contribution in [1.82, 2.24) is 19.9 Å². The predicted molar refractivity (Wildman–Crippen MR) is 241 cm³/mol. The van der Waals surface area contributed by atoms with E-state index in [1.807, 2.05) is 42.5 Å². The third-order valence-corrected chi connectivity index (χ3v) is 12.0. The van der Waals surface area contributed by atoms with Gasteiger partial charge in [0, 0.05) is 22.1 Å². The van der Waals surface area contributed by atoms with Crippen LogP contribution in [-0.4, -0.2) is 19.9 Å². The number of nitrogens with zero attached hydrogens (tertiary/aromatic N) is 4. The lowest BCUT2D eigenvalue weighted by Crippen LogP contribution is -2.31. The van der Waals surface area contributed by atoms with Gasteiger partial charge in [0.05, 0.1) is 0 Å². The highest BCUT2D eigenvalue weighted by molar-refractivity contribution is 6.18. The molecular formula is C55H34N4O. The van der Waals surface area contributed by atoms with E-state index < -0.39 is 5.41 Å². The van der Waals surface area contributed by atoms with E-state index in [-0.39, 0.29) is 0 Å². The summed E-state index contributed by atoms with van der Waals surface area (Å²) in [4.78, 5) is 21.3. The zero-order chi connectivity index (χ0) is 39.6. The van der Waals surface area contributed by atoms with E-state index in [1.165, 1.54) is 11.1 Å². The fourth-order valence-corrected chi connectivity index (χ4v) is 9.21. The molecule has 280 valence electrons. The fraction of sp³-hybridized carbons (Fsp3) is 0.0182. The Morgan fingerprint density at radius 1 is 0.383 bits per heavy atom. The van der Waals surface area contributed by atoms with Gasteiger partial charge in [-0.15, -0.1) is 0 Å². The highest BCUT2D eigenvalue weighted by Crippen LogP contribution is 2.55. The molecule has 5 nitrogen and oxygen atoms in total. The Labute approximate surface area is 346 Å². The first-order valence-electron chi connectivity index (χ1n) is 20.2. The van der Waals surface area contributed by atoms with Gasteiger partial charge in [-0.05, 0) is 79.4 Å². The minimum Gasteiger partial charge on any atom is -0.435 e. The Morgan fingerprint density at radius 3 is 1.60 bits per heavy atom. The molecule has 0 unspecified atom stereocenters. The third-order valence-electron chi connectivity index (χ3n) is 12.0. The monoisotopic (exact) mass is 766 g/mol. The van der Waals surface area contributed by atoms with E-state index in [2.05, 4.69) is 164 Å². The molecule has 5 heteroatoms. The molecule has 0 fully saturated rings. The van der Waals surface area contributed by atoms with Crippen LogP contribution in [0, 0.1) is 0 Å². The van der Waals surface area contributed by atoms with Gasteiger partial charge in [-0.3, -0.25) is 0 Å². The lowest BCUT2D eigenvalue weighted by atomic mass is 9.71. The van der Waals surface area contributed by atoms with Crippen LogP contribution in [0.15, 0.2) is 211 Å². The first-order valence-corrected chi connectivity index (χ1v) is 20.2. The molecular weight excluding hydrogens is 733 g/mol. The molecule has 0 atom stereocenters. The molecule has 60 heavy (non-hydrogen) atoms. The van der Waals surface area contributed by atoms with Gasteiger partial charge in [-0.2, -0.15) is 0 Å². The molecule has 0 saturated heterocycles. The van der Waals surface area contributed by atoms with Crippen LogP contribution in [0.3, 0.4) is 0 Å². The van der Waals surface area contributed by atoms with Gasteiger partial charge in [0.1, 0.15) is 10.9 Å². The number of hydrogen-bond acceptors (Lipinski definition) is 5. The summed E-state index contributed by atoms with van der Waals surface area (Å²) in [7, 11) is 0. The molecule has 0 saturated carbocycles. The quantitative estimate of drug-likeness (QED) is 0.158. The van der Waals surface area contributed by atoms with Crippen molar-refractivity contribution in [3.63, 3.8) is 0 Å². The molecule has 0 bridgehead atoms. The molecule has 12 rings (SSSR count). The Balaban J connectivity index is 1.12. The van der Waals surface area contributed by atoms with Gasteiger partial charge < -0.3 is 4.42 Å². The van der Waals surface area contributed by atoms with E-state index in [1.54, 1.807) is 0 Å². The van der Waals surface area contributed by atoms with E-state index in [0.29, 0.717) is 23.4 Å². The Hall–Kier alpha value is -8.02. The Kier molecular flexibility index (Phi) is 7.69. The number of rotatable bonds is 6. The molecule has 1 aliphatic carbocycles. The Morgan fingerprint density at radius 2 is 0.900 bits per heavy atom. The van der Waals surface area contributed by atoms with Crippen LogP contribution in [-0.2, 0) is 5.41 Å². The van der Waals surface area contributed by atoms with Gasteiger partial charge >= 0.3 is 0 Å². The second kappa shape index (κ2) is 13.5. The molecule has 0 radical (unpaired) electrons. The van der Waals surface area contributed by atoms with Gasteiger partial charge in [0.25, 0.3) is 0 Å². The van der Waals surface area contributed by atoms with Crippen molar-refractivity contribution in [2.45, 2.75) is 5.41 Å². The maximum Gasteiger partial charge on any atom is 0.227 e. The van der Waals surface area contributed by atoms with E-state index in [0.717, 1.165) is 77.2 Å². The normalized spacial score (nSPS) is 12.8. The second-order valence-electron chi connectivity index (χ2n) is 15.4. The van der Waals surface area contributed by atoms with Gasteiger partial charge in [0.15, 0.2) is 23.1 Å². The van der Waals surface area contributed by atoms with Crippen LogP contribution in [0.5, 0.6) is 0 Å². The van der Waals surface area contributed by atoms with Crippen LogP contribution < -0.4 is 0 Å². The van der Waals surface area contributed by atoms with E-state index in [4.69, 9.17) is 24.4 Å². The minimum atomic E-state index is -0.811. The molecule has 0 N–H and O–H groups in total. The third kappa shape index (κ3) is 5.26. The molecule has 11 aromatic rings. The van der Waals surface area contributed by atoms with Crippen molar-refractivity contribution < 1.29 is 4.42 Å². The second-order valence-corrected chi connectivity index (χ2v) is 15.4. The molecule has 1 aliphatic rings. The number of benzene rings is 9. The maximum absolute atomic E-state index is 6.60. The van der Waals surface area contributed by atoms with Gasteiger partial charge in [0.2, 0.25) is 5.89 Å². The maximum atomic E-state index is 6.60. The molecule has 9 aromatic carbocycles. The average Bonchev–Trinajstić information content (AvgIpc) is 3.90. The smallest absolute Gasteiger partial charge is 0.227 e. The zero-order valence-corrected chi connectivity index (χ0v) is 32.3. The largest absolute Gasteiger partial charge is 0.435 e. The van der Waals surface area contributed by atoms with Crippen molar-refractivity contribution in [2.24, 2.45) is 0 Å². The van der Waals surface area contributed by atoms with Crippen molar-refractivity contribution in [2.75, 3.05) is 0 Å². The van der Waals surface area contributed by atoms with E-state index in [9.17, 15) is 0 Å². The molecule has 2 heterocycles. The summed E-state index contributed by atoms with van der Waals surface area (Å²) in [6.45, 7) is 0. The number of fused-ring (bicyclic) bond motifs is 8. The first-order chi connectivity index (χ1) is 29.7. The van der Waals surface area contributed by atoms with Crippen molar-refractivity contribution in [3.8, 4) is 56.5 Å². The summed E-state index contributed by atoms with van der Waals surface area (Å²) in [5.74, 6) is 2.46. The van der Waals surface area contributed by atoms with Crippen LogP contribution in [0.25, 0.3) is 89.1 Å². The van der Waals surface area contributed by atoms with Crippen LogP contribution in [0.4, 0.5) is 0 Å². The summed E-state index contributed by atoms with van der Waals surface area (Å²) in [5, 5.41) is 4.20. The van der Waals surface area contributed by atoms with Crippen molar-refractivity contribution in [1.29, 1.82) is 0 Å². The average molecular weight is 767 g/mol. The number of hydrogen-bond donors (Lipinski definition) is 0. The number of aromatic nitrogens is 4. The summed E-state index contributed by atoms with van der Waals surface area (Å²) >= 11 is 0. The van der Waals surface area contributed by atoms with Gasteiger partial charge in [-0.1, -0.05) is 182 Å². The van der Waals surface area contributed by atoms with Crippen molar-refractivity contribution >= 4 is 32.6 Å². The molecule has 2 aromatic heterocycles. The summed E-state index contributed by atoms with van der Waals surface area (Å²) in [6, 6.07) is 72.0. The fourth-order valence-electron chi connectivity index (χ4n) is 9.21. The lowest BCUT2D eigenvalue weighted by molar-refractivity contribution is 0.623. The summed E-state index contributed by atoms with van der Waals surface area (Å²) in [6.07, 6.45) is 0. The molecule has 0 amide bonds. The van der Waals surface area contributed by atoms with Crippen LogP contribution >= 0.6 is 0 Å². The Bertz CT molecular complexity index is 3370. The molecule has 0 spiro atoms.